The van der Waals surface area contributed by atoms with Crippen LogP contribution in [0.2, 0.25) is 0 Å². The van der Waals surface area contributed by atoms with Crippen LogP contribution >= 0.6 is 0 Å². The summed E-state index contributed by atoms with van der Waals surface area (Å²) in [6.45, 7) is 33.3. The molecule has 0 aromatic carbocycles. The zero-order chi connectivity index (χ0) is 30.5. The van der Waals surface area contributed by atoms with Gasteiger partial charge in [0, 0.05) is 11.1 Å². The maximum absolute atomic E-state index is 2.58. The molecule has 2 saturated heterocycles. The van der Waals surface area contributed by atoms with Crippen LogP contribution in [-0.2, 0) is 0 Å². The lowest BCUT2D eigenvalue weighted by molar-refractivity contribution is 0.110. The maximum atomic E-state index is 2.58. The van der Waals surface area contributed by atoms with Crippen LogP contribution in [-0.4, -0.2) is 47.1 Å². The highest BCUT2D eigenvalue weighted by molar-refractivity contribution is 4.80. The van der Waals surface area contributed by atoms with Gasteiger partial charge in [0.25, 0.3) is 0 Å². The summed E-state index contributed by atoms with van der Waals surface area (Å²) >= 11 is 0. The van der Waals surface area contributed by atoms with Gasteiger partial charge in [0.05, 0.1) is 0 Å². The molecule has 4 aliphatic rings. The highest BCUT2D eigenvalue weighted by atomic mass is 15.2. The van der Waals surface area contributed by atoms with Crippen molar-refractivity contribution in [2.24, 2.45) is 22.7 Å². The third-order valence-corrected chi connectivity index (χ3v) is 10.3. The summed E-state index contributed by atoms with van der Waals surface area (Å²) in [5, 5.41) is 0. The molecule has 0 bridgehead atoms. The van der Waals surface area contributed by atoms with Crippen molar-refractivity contribution in [1.82, 2.24) is 9.80 Å². The fourth-order valence-electron chi connectivity index (χ4n) is 7.07. The summed E-state index contributed by atoms with van der Waals surface area (Å²) in [5.74, 6) is 2.00. The summed E-state index contributed by atoms with van der Waals surface area (Å²) in [5.41, 5.74) is 1.95. The van der Waals surface area contributed by atoms with E-state index < -0.39 is 0 Å². The molecule has 2 aliphatic heterocycles. The quantitative estimate of drug-likeness (QED) is 0.290. The van der Waals surface area contributed by atoms with Crippen LogP contribution < -0.4 is 0 Å². The van der Waals surface area contributed by atoms with Gasteiger partial charge in [0.2, 0.25) is 0 Å². The van der Waals surface area contributed by atoms with E-state index in [4.69, 9.17) is 0 Å². The Bertz CT molecular complexity index is 488. The van der Waals surface area contributed by atoms with Crippen LogP contribution in [0.25, 0.3) is 0 Å². The van der Waals surface area contributed by atoms with Crippen LogP contribution in [0, 0.1) is 22.7 Å². The first kappa shape index (κ1) is 37.9. The number of hydrogen-bond donors (Lipinski definition) is 0. The van der Waals surface area contributed by atoms with Crippen LogP contribution in [0.15, 0.2) is 0 Å². The first-order valence-electron chi connectivity index (χ1n) is 17.9. The molecule has 0 aromatic heterocycles. The number of rotatable bonds is 0. The van der Waals surface area contributed by atoms with Gasteiger partial charge in [-0.25, -0.2) is 0 Å². The fraction of sp³-hybridized carbons (Fsp3) is 1.00. The zero-order valence-electron chi connectivity index (χ0n) is 30.2. The van der Waals surface area contributed by atoms with Crippen molar-refractivity contribution in [3.8, 4) is 0 Å². The van der Waals surface area contributed by atoms with Gasteiger partial charge < -0.3 is 0 Å². The number of hydrogen-bond acceptors (Lipinski definition) is 2. The Kier molecular flexibility index (Phi) is 17.0. The topological polar surface area (TPSA) is 6.48 Å². The van der Waals surface area contributed by atoms with E-state index in [1.807, 2.05) is 0 Å². The second-order valence-electron chi connectivity index (χ2n) is 17.8. The molecule has 0 amide bonds. The van der Waals surface area contributed by atoms with E-state index in [1.165, 1.54) is 129 Å². The molecule has 0 radical (unpaired) electrons. The van der Waals surface area contributed by atoms with E-state index in [1.54, 1.807) is 0 Å². The predicted octanol–water partition coefficient (Wildman–Crippen LogP) is 11.8. The molecule has 40 heavy (non-hydrogen) atoms. The highest BCUT2D eigenvalue weighted by Crippen LogP contribution is 2.38. The molecule has 2 heteroatoms. The lowest BCUT2D eigenvalue weighted by Crippen LogP contribution is -2.44. The summed E-state index contributed by atoms with van der Waals surface area (Å²) in [4.78, 5) is 5.16. The van der Waals surface area contributed by atoms with Gasteiger partial charge in [-0.2, -0.15) is 0 Å². The minimum Gasteiger partial charge on any atom is -0.298 e. The minimum atomic E-state index is 0.403. The van der Waals surface area contributed by atoms with E-state index in [-0.39, 0.29) is 0 Å². The van der Waals surface area contributed by atoms with Crippen molar-refractivity contribution >= 4 is 0 Å². The third kappa shape index (κ3) is 16.5. The molecule has 2 saturated carbocycles. The summed E-state index contributed by atoms with van der Waals surface area (Å²) in [7, 11) is 0. The zero-order valence-corrected chi connectivity index (χ0v) is 30.2. The Morgan fingerprint density at radius 2 is 0.550 bits per heavy atom. The lowest BCUT2D eigenvalue weighted by atomic mass is 9.72. The second-order valence-corrected chi connectivity index (χ2v) is 17.8. The molecule has 2 heterocycles. The average Bonchev–Trinajstić information content (AvgIpc) is 2.90. The molecule has 0 atom stereocenters. The van der Waals surface area contributed by atoms with Crippen molar-refractivity contribution < 1.29 is 0 Å². The first-order chi connectivity index (χ1) is 18.4. The Labute approximate surface area is 255 Å². The van der Waals surface area contributed by atoms with E-state index in [0.29, 0.717) is 21.9 Å². The minimum absolute atomic E-state index is 0.403. The van der Waals surface area contributed by atoms with Crippen molar-refractivity contribution in [2.45, 2.75) is 197 Å². The molecular formula is C38H78N2. The Morgan fingerprint density at radius 1 is 0.325 bits per heavy atom. The van der Waals surface area contributed by atoms with E-state index >= 15 is 0 Å². The third-order valence-electron chi connectivity index (χ3n) is 10.3. The van der Waals surface area contributed by atoms with Gasteiger partial charge in [-0.1, -0.05) is 92.9 Å². The van der Waals surface area contributed by atoms with Gasteiger partial charge in [-0.15, -0.1) is 0 Å². The van der Waals surface area contributed by atoms with Crippen LogP contribution in [0.3, 0.4) is 0 Å². The summed E-state index contributed by atoms with van der Waals surface area (Å²) in [6, 6.07) is 0. The maximum Gasteiger partial charge on any atom is 0.0125 e. The van der Waals surface area contributed by atoms with Gasteiger partial charge in [-0.3, -0.25) is 9.80 Å². The molecular weight excluding hydrogens is 484 g/mol. The van der Waals surface area contributed by atoms with Gasteiger partial charge in [0.15, 0.2) is 0 Å². The van der Waals surface area contributed by atoms with Crippen molar-refractivity contribution in [3.63, 3.8) is 0 Å². The Morgan fingerprint density at radius 3 is 0.700 bits per heavy atom. The molecule has 0 N–H and O–H groups in total. The van der Waals surface area contributed by atoms with Crippen LogP contribution in [0.1, 0.15) is 186 Å². The fourth-order valence-corrected chi connectivity index (χ4v) is 7.07. The van der Waals surface area contributed by atoms with E-state index in [0.717, 1.165) is 11.8 Å². The highest BCUT2D eigenvalue weighted by Gasteiger charge is 2.27. The summed E-state index contributed by atoms with van der Waals surface area (Å²) < 4.78 is 0. The van der Waals surface area contributed by atoms with Crippen molar-refractivity contribution in [1.29, 1.82) is 0 Å². The number of likely N-dealkylation sites (tertiary alicyclic amines) is 2. The molecule has 4 rings (SSSR count). The number of nitrogens with zero attached hydrogens (tertiary/aromatic N) is 2. The normalized spacial score (nSPS) is 23.1. The molecule has 4 fully saturated rings. The molecule has 0 aromatic rings. The Balaban J connectivity index is 0.000000267. The number of piperidine rings is 2. The lowest BCUT2D eigenvalue weighted by Gasteiger charge is -2.38. The molecule has 2 nitrogen and oxygen atoms in total. The summed E-state index contributed by atoms with van der Waals surface area (Å²) in [6.07, 6.45) is 23.2. The van der Waals surface area contributed by atoms with Gasteiger partial charge in [0.1, 0.15) is 0 Å². The van der Waals surface area contributed by atoms with Gasteiger partial charge >= 0.3 is 0 Å². The SMILES string of the molecule is CC(C)(C)C1CCCCC1.CC(C)(C)C1CCCCC1.CC(C)(C)N1CCCCC1.CC(C)(C)N1CCCCC1. The van der Waals surface area contributed by atoms with Gasteiger partial charge in [-0.05, 0) is 142 Å². The van der Waals surface area contributed by atoms with Crippen LogP contribution in [0.4, 0.5) is 0 Å². The molecule has 2 aliphatic carbocycles. The largest absolute Gasteiger partial charge is 0.298 e. The average molecular weight is 563 g/mol. The monoisotopic (exact) mass is 563 g/mol. The predicted molar refractivity (Wildman–Crippen MR) is 182 cm³/mol. The van der Waals surface area contributed by atoms with Crippen molar-refractivity contribution in [2.75, 3.05) is 26.2 Å². The van der Waals surface area contributed by atoms with Crippen molar-refractivity contribution in [3.05, 3.63) is 0 Å². The first-order valence-corrected chi connectivity index (χ1v) is 17.9. The van der Waals surface area contributed by atoms with Crippen LogP contribution in [0.5, 0.6) is 0 Å². The smallest absolute Gasteiger partial charge is 0.0125 e. The molecule has 0 spiro atoms. The second kappa shape index (κ2) is 17.9. The van der Waals surface area contributed by atoms with E-state index in [9.17, 15) is 0 Å². The van der Waals surface area contributed by atoms with E-state index in [2.05, 4.69) is 92.9 Å². The molecule has 0 unspecified atom stereocenters. The standard InChI is InChI=1S/2C10H20.2C9H19N/c2*1-10(2,3)9-7-5-4-6-8-9;2*1-9(2,3)10-7-5-4-6-8-10/h2*9H,4-8H2,1-3H3;2*4-8H2,1-3H3. The Hall–Kier alpha value is -0.0800. The molecule has 240 valence electrons.